The highest BCUT2D eigenvalue weighted by Gasteiger charge is 2.17. The molecule has 0 aliphatic carbocycles. The molecule has 0 saturated heterocycles. The van der Waals surface area contributed by atoms with Crippen molar-refractivity contribution in [2.75, 3.05) is 0 Å². The van der Waals surface area contributed by atoms with Crippen LogP contribution in [0.3, 0.4) is 0 Å². The van der Waals surface area contributed by atoms with Crippen LogP contribution in [0, 0.1) is 5.95 Å². The van der Waals surface area contributed by atoms with E-state index >= 15 is 0 Å². The maximum Gasteiger partial charge on any atom is 0.308 e. The number of nitrogens with one attached hydrogen (secondary N) is 1. The molecule has 0 unspecified atom stereocenters. The molecule has 82 valence electrons. The molecule has 0 aliphatic heterocycles. The van der Waals surface area contributed by atoms with E-state index in [2.05, 4.69) is 0 Å². The zero-order valence-electron chi connectivity index (χ0n) is 7.26. The number of aliphatic carboxylic acids is 1. The van der Waals surface area contributed by atoms with Crippen molar-refractivity contribution in [1.29, 1.82) is 0 Å². The van der Waals surface area contributed by atoms with Crippen LogP contribution in [0.1, 0.15) is 17.6 Å². The van der Waals surface area contributed by atoms with Gasteiger partial charge in [-0.2, -0.15) is 4.39 Å². The van der Waals surface area contributed by atoms with Gasteiger partial charge in [-0.25, -0.2) is 8.78 Å². The van der Waals surface area contributed by atoms with Gasteiger partial charge >= 0.3 is 5.97 Å². The van der Waals surface area contributed by atoms with Crippen LogP contribution in [0.4, 0.5) is 13.2 Å². The van der Waals surface area contributed by atoms with Gasteiger partial charge < -0.3 is 5.11 Å². The van der Waals surface area contributed by atoms with Gasteiger partial charge in [0.25, 0.3) is 12.0 Å². The topological polar surface area (TPSA) is 70.2 Å². The minimum atomic E-state index is -3.10. The van der Waals surface area contributed by atoms with Crippen molar-refractivity contribution in [2.24, 2.45) is 0 Å². The second-order valence-corrected chi connectivity index (χ2v) is 2.76. The van der Waals surface area contributed by atoms with Crippen LogP contribution in [0.15, 0.2) is 10.9 Å². The second-order valence-electron chi connectivity index (χ2n) is 2.76. The molecule has 1 heterocycles. The summed E-state index contributed by atoms with van der Waals surface area (Å²) in [7, 11) is 0. The highest BCUT2D eigenvalue weighted by atomic mass is 19.3. The first-order valence-corrected chi connectivity index (χ1v) is 3.83. The quantitative estimate of drug-likeness (QED) is 0.750. The van der Waals surface area contributed by atoms with Crippen molar-refractivity contribution in [1.82, 2.24) is 4.98 Å². The smallest absolute Gasteiger partial charge is 0.308 e. The summed E-state index contributed by atoms with van der Waals surface area (Å²) in [6.07, 6.45) is -3.83. The Morgan fingerprint density at radius 1 is 1.53 bits per heavy atom. The minimum absolute atomic E-state index is 0.404. The molecule has 0 saturated carbocycles. The lowest BCUT2D eigenvalue weighted by molar-refractivity contribution is -0.136. The molecule has 4 nitrogen and oxygen atoms in total. The third-order valence-corrected chi connectivity index (χ3v) is 1.67. The van der Waals surface area contributed by atoms with E-state index in [1.807, 2.05) is 0 Å². The van der Waals surface area contributed by atoms with Crippen LogP contribution in [0.5, 0.6) is 0 Å². The number of alkyl halides is 2. The van der Waals surface area contributed by atoms with Crippen LogP contribution >= 0.6 is 0 Å². The van der Waals surface area contributed by atoms with Crippen molar-refractivity contribution in [3.8, 4) is 0 Å². The number of pyridine rings is 1. The Balaban J connectivity index is 3.23. The highest BCUT2D eigenvalue weighted by Crippen LogP contribution is 2.20. The van der Waals surface area contributed by atoms with Crippen LogP contribution in [0.2, 0.25) is 0 Å². The summed E-state index contributed by atoms with van der Waals surface area (Å²) in [5.41, 5.74) is -2.43. The molecule has 0 atom stereocenters. The number of hydrogen-bond donors (Lipinski definition) is 2. The van der Waals surface area contributed by atoms with Crippen molar-refractivity contribution in [2.45, 2.75) is 12.8 Å². The lowest BCUT2D eigenvalue weighted by Gasteiger charge is -2.03. The number of hydrogen-bond acceptors (Lipinski definition) is 2. The summed E-state index contributed by atoms with van der Waals surface area (Å²) >= 11 is 0. The molecule has 0 amide bonds. The number of aromatic amines is 1. The fourth-order valence-corrected chi connectivity index (χ4v) is 1.02. The molecular formula is C8H6F3NO3. The maximum absolute atomic E-state index is 12.7. The Hall–Kier alpha value is -1.79. The number of rotatable bonds is 3. The number of carboxylic acids is 1. The summed E-state index contributed by atoms with van der Waals surface area (Å²) < 4.78 is 37.1. The van der Waals surface area contributed by atoms with E-state index in [1.165, 1.54) is 4.98 Å². The fourth-order valence-electron chi connectivity index (χ4n) is 1.02. The van der Waals surface area contributed by atoms with E-state index in [1.54, 1.807) is 0 Å². The summed E-state index contributed by atoms with van der Waals surface area (Å²) in [5, 5.41) is 8.36. The number of carboxylic acid groups (broad SMARTS) is 1. The first-order chi connectivity index (χ1) is 6.91. The molecule has 1 rings (SSSR count). The third kappa shape index (κ3) is 2.58. The van der Waals surface area contributed by atoms with Crippen LogP contribution < -0.4 is 5.56 Å². The summed E-state index contributed by atoms with van der Waals surface area (Å²) in [5.74, 6) is -2.79. The van der Waals surface area contributed by atoms with E-state index < -0.39 is 41.4 Å². The monoisotopic (exact) mass is 221 g/mol. The Labute approximate surface area is 81.4 Å². The summed E-state index contributed by atoms with van der Waals surface area (Å²) in [6.45, 7) is 0. The minimum Gasteiger partial charge on any atom is -0.481 e. The predicted octanol–water partition coefficient (Wildman–Crippen LogP) is 1.08. The van der Waals surface area contributed by atoms with Crippen LogP contribution in [0.25, 0.3) is 0 Å². The SMILES string of the molecule is O=C(O)Cc1cc(C(F)F)c(F)[nH]c1=O. The Morgan fingerprint density at radius 3 is 2.60 bits per heavy atom. The Morgan fingerprint density at radius 2 is 2.13 bits per heavy atom. The highest BCUT2D eigenvalue weighted by molar-refractivity contribution is 5.70. The lowest BCUT2D eigenvalue weighted by atomic mass is 10.1. The van der Waals surface area contributed by atoms with Crippen molar-refractivity contribution < 1.29 is 23.1 Å². The number of aromatic nitrogens is 1. The molecule has 0 aromatic carbocycles. The maximum atomic E-state index is 12.7. The Kier molecular flexibility index (Phi) is 3.13. The normalized spacial score (nSPS) is 10.7. The molecule has 7 heteroatoms. The van der Waals surface area contributed by atoms with E-state index in [9.17, 15) is 22.8 Å². The molecule has 0 fully saturated rings. The molecule has 1 aromatic rings. The van der Waals surface area contributed by atoms with Crippen molar-refractivity contribution in [3.05, 3.63) is 33.5 Å². The average Bonchev–Trinajstić information content (AvgIpc) is 2.08. The average molecular weight is 221 g/mol. The van der Waals surface area contributed by atoms with Gasteiger partial charge in [0.15, 0.2) is 0 Å². The molecule has 0 aliphatic rings. The largest absolute Gasteiger partial charge is 0.481 e. The van der Waals surface area contributed by atoms with Crippen molar-refractivity contribution >= 4 is 5.97 Å². The summed E-state index contributed by atoms with van der Waals surface area (Å²) in [6, 6.07) is 0.562. The molecule has 0 spiro atoms. The predicted molar refractivity (Wildman–Crippen MR) is 43.3 cm³/mol. The van der Waals surface area contributed by atoms with Gasteiger partial charge in [-0.1, -0.05) is 0 Å². The first-order valence-electron chi connectivity index (χ1n) is 3.83. The number of carbonyl (C=O) groups is 1. The first kappa shape index (κ1) is 11.3. The fraction of sp³-hybridized carbons (Fsp3) is 0.250. The van der Waals surface area contributed by atoms with Gasteiger partial charge in [-0.15, -0.1) is 0 Å². The standard InChI is InChI=1S/C8H6F3NO3/c9-6(10)4-1-3(2-5(13)14)8(15)12-7(4)11/h1,6H,2H2,(H,12,15)(H,13,14). The van der Waals surface area contributed by atoms with Gasteiger partial charge in [0, 0.05) is 5.56 Å². The number of H-pyrrole nitrogens is 1. The van der Waals surface area contributed by atoms with Crippen LogP contribution in [-0.4, -0.2) is 16.1 Å². The van der Waals surface area contributed by atoms with Gasteiger partial charge in [-0.3, -0.25) is 14.6 Å². The van der Waals surface area contributed by atoms with Gasteiger partial charge in [-0.05, 0) is 6.07 Å². The molecule has 15 heavy (non-hydrogen) atoms. The molecule has 2 N–H and O–H groups in total. The van der Waals surface area contributed by atoms with E-state index in [-0.39, 0.29) is 0 Å². The molecular weight excluding hydrogens is 215 g/mol. The lowest BCUT2D eigenvalue weighted by Crippen LogP contribution is -2.19. The zero-order chi connectivity index (χ0) is 11.6. The summed E-state index contributed by atoms with van der Waals surface area (Å²) in [4.78, 5) is 22.7. The van der Waals surface area contributed by atoms with E-state index in [4.69, 9.17) is 5.11 Å². The second kappa shape index (κ2) is 4.16. The van der Waals surface area contributed by atoms with Gasteiger partial charge in [0.05, 0.1) is 12.0 Å². The number of halogens is 3. The Bertz CT molecular complexity index is 441. The molecule has 0 bridgehead atoms. The van der Waals surface area contributed by atoms with Crippen LogP contribution in [-0.2, 0) is 11.2 Å². The molecule has 0 radical (unpaired) electrons. The van der Waals surface area contributed by atoms with E-state index in [0.717, 1.165) is 0 Å². The molecule has 1 aromatic heterocycles. The zero-order valence-corrected chi connectivity index (χ0v) is 7.26. The van der Waals surface area contributed by atoms with Gasteiger partial charge in [0.1, 0.15) is 0 Å². The van der Waals surface area contributed by atoms with Crippen molar-refractivity contribution in [3.63, 3.8) is 0 Å². The van der Waals surface area contributed by atoms with Gasteiger partial charge in [0.2, 0.25) is 5.95 Å². The third-order valence-electron chi connectivity index (χ3n) is 1.67. The van der Waals surface area contributed by atoms with E-state index in [0.29, 0.717) is 6.07 Å².